The Morgan fingerprint density at radius 1 is 1.16 bits per heavy atom. The Labute approximate surface area is 221 Å². The molecule has 0 unspecified atom stereocenters. The first kappa shape index (κ1) is 25.7. The van der Waals surface area contributed by atoms with E-state index in [4.69, 9.17) is 4.74 Å². The normalized spacial score (nSPS) is 17.1. The number of aromatic nitrogens is 3. The van der Waals surface area contributed by atoms with Gasteiger partial charge in [-0.2, -0.15) is 5.10 Å². The predicted molar refractivity (Wildman–Crippen MR) is 144 cm³/mol. The summed E-state index contributed by atoms with van der Waals surface area (Å²) in [6, 6.07) is 4.42. The summed E-state index contributed by atoms with van der Waals surface area (Å²) in [6.45, 7) is 11.8. The van der Waals surface area contributed by atoms with Gasteiger partial charge in [0.1, 0.15) is 17.2 Å². The molecule has 4 heterocycles. The summed E-state index contributed by atoms with van der Waals surface area (Å²) in [4.78, 5) is 36.1. The van der Waals surface area contributed by atoms with Gasteiger partial charge in [0.05, 0.1) is 16.7 Å². The van der Waals surface area contributed by atoms with Gasteiger partial charge in [-0.05, 0) is 53.2 Å². The van der Waals surface area contributed by atoms with Gasteiger partial charge in [0.15, 0.2) is 0 Å². The molecule has 0 atom stereocenters. The summed E-state index contributed by atoms with van der Waals surface area (Å²) in [5.74, 6) is 0.0195. The van der Waals surface area contributed by atoms with Gasteiger partial charge >= 0.3 is 12.1 Å². The zero-order valence-corrected chi connectivity index (χ0v) is 22.7. The molecule has 38 heavy (non-hydrogen) atoms. The molecule has 11 heteroatoms. The van der Waals surface area contributed by atoms with Gasteiger partial charge in [0, 0.05) is 68.3 Å². The standard InChI is InChI=1S/C27H34FN7O3/c1-26(2,3)38-25(37)35-12-11-33(16-27(35,4)5)22-7-9-29-23-18(22)8-10-34(23)24(36)30-21-13-17-15-32(6)31-20(17)14-19(21)28/h7,9,13-15H,8,10-12,16H2,1-6H3,(H,30,36). The number of nitrogens with zero attached hydrogens (tertiary/aromatic N) is 6. The number of nitrogens with one attached hydrogen (secondary N) is 1. The smallest absolute Gasteiger partial charge is 0.410 e. The summed E-state index contributed by atoms with van der Waals surface area (Å²) in [7, 11) is 1.76. The van der Waals surface area contributed by atoms with E-state index >= 15 is 0 Å². The van der Waals surface area contributed by atoms with E-state index in [0.717, 1.165) is 16.6 Å². The summed E-state index contributed by atoms with van der Waals surface area (Å²) >= 11 is 0. The molecule has 0 radical (unpaired) electrons. The fourth-order valence-corrected chi connectivity index (χ4v) is 5.23. The molecule has 3 amide bonds. The molecule has 202 valence electrons. The highest BCUT2D eigenvalue weighted by molar-refractivity contribution is 6.04. The number of piperazine rings is 1. The molecule has 2 aromatic heterocycles. The fraction of sp³-hybridized carbons (Fsp3) is 0.481. The highest BCUT2D eigenvalue weighted by Crippen LogP contribution is 2.37. The van der Waals surface area contributed by atoms with Gasteiger partial charge in [-0.3, -0.25) is 14.5 Å². The number of rotatable bonds is 2. The zero-order chi connectivity index (χ0) is 27.4. The Kier molecular flexibility index (Phi) is 6.19. The van der Waals surface area contributed by atoms with Crippen molar-refractivity contribution in [1.82, 2.24) is 19.7 Å². The largest absolute Gasteiger partial charge is 0.444 e. The maximum atomic E-state index is 14.7. The summed E-state index contributed by atoms with van der Waals surface area (Å²) in [5.41, 5.74) is 1.55. The van der Waals surface area contributed by atoms with Gasteiger partial charge in [0.25, 0.3) is 0 Å². The second-order valence-corrected chi connectivity index (χ2v) is 11.5. The highest BCUT2D eigenvalue weighted by Gasteiger charge is 2.40. The van der Waals surface area contributed by atoms with Crippen LogP contribution in [0.25, 0.3) is 10.9 Å². The van der Waals surface area contributed by atoms with E-state index in [1.807, 2.05) is 40.7 Å². The van der Waals surface area contributed by atoms with E-state index in [1.54, 1.807) is 40.0 Å². The zero-order valence-electron chi connectivity index (χ0n) is 22.7. The number of hydrogen-bond donors (Lipinski definition) is 1. The van der Waals surface area contributed by atoms with Crippen LogP contribution in [0.4, 0.5) is 31.2 Å². The number of amides is 3. The van der Waals surface area contributed by atoms with Crippen LogP contribution in [0.5, 0.6) is 0 Å². The first-order chi connectivity index (χ1) is 17.8. The molecule has 1 aromatic carbocycles. The highest BCUT2D eigenvalue weighted by atomic mass is 19.1. The second-order valence-electron chi connectivity index (χ2n) is 11.5. The van der Waals surface area contributed by atoms with Crippen LogP contribution in [0.1, 0.15) is 40.2 Å². The number of carbonyl (C=O) groups is 2. The van der Waals surface area contributed by atoms with Crippen LogP contribution in [0.3, 0.4) is 0 Å². The number of pyridine rings is 1. The van der Waals surface area contributed by atoms with Gasteiger partial charge in [0.2, 0.25) is 0 Å². The van der Waals surface area contributed by atoms with Crippen LogP contribution < -0.4 is 15.1 Å². The minimum Gasteiger partial charge on any atom is -0.444 e. The van der Waals surface area contributed by atoms with Gasteiger partial charge in [-0.25, -0.2) is 19.0 Å². The first-order valence-electron chi connectivity index (χ1n) is 12.8. The van der Waals surface area contributed by atoms with E-state index in [-0.39, 0.29) is 11.8 Å². The molecule has 1 saturated heterocycles. The molecule has 1 N–H and O–H groups in total. The Morgan fingerprint density at radius 2 is 1.92 bits per heavy atom. The van der Waals surface area contributed by atoms with Crippen molar-refractivity contribution in [3.05, 3.63) is 42.0 Å². The average molecular weight is 524 g/mol. The Balaban J connectivity index is 1.34. The molecular formula is C27H34FN7O3. The maximum absolute atomic E-state index is 14.7. The molecule has 2 aliphatic heterocycles. The monoisotopic (exact) mass is 523 g/mol. The van der Waals surface area contributed by atoms with E-state index in [9.17, 15) is 14.0 Å². The van der Waals surface area contributed by atoms with Crippen LogP contribution in [-0.2, 0) is 18.2 Å². The third-order valence-electron chi connectivity index (χ3n) is 6.90. The molecule has 1 fully saturated rings. The lowest BCUT2D eigenvalue weighted by molar-refractivity contribution is 0.000363. The third kappa shape index (κ3) is 4.84. The number of benzene rings is 1. The van der Waals surface area contributed by atoms with Crippen LogP contribution >= 0.6 is 0 Å². The van der Waals surface area contributed by atoms with Crippen molar-refractivity contribution >= 4 is 40.2 Å². The average Bonchev–Trinajstić information content (AvgIpc) is 3.39. The van der Waals surface area contributed by atoms with Crippen molar-refractivity contribution < 1.29 is 18.7 Å². The molecule has 3 aromatic rings. The summed E-state index contributed by atoms with van der Waals surface area (Å²) in [6.07, 6.45) is 3.77. The second kappa shape index (κ2) is 9.14. The number of ether oxygens (including phenoxy) is 1. The lowest BCUT2D eigenvalue weighted by atomic mass is 9.98. The molecule has 10 nitrogen and oxygen atoms in total. The molecule has 2 aliphatic rings. The van der Waals surface area contributed by atoms with Crippen molar-refractivity contribution in [3.63, 3.8) is 0 Å². The van der Waals surface area contributed by atoms with Gasteiger partial charge in [-0.15, -0.1) is 0 Å². The van der Waals surface area contributed by atoms with E-state index in [1.165, 1.54) is 6.07 Å². The SMILES string of the molecule is Cn1cc2cc(NC(=O)N3CCc4c(N5CCN(C(=O)OC(C)(C)C)C(C)(C)C5)ccnc43)c(F)cc2n1. The van der Waals surface area contributed by atoms with Crippen molar-refractivity contribution in [1.29, 1.82) is 0 Å². The van der Waals surface area contributed by atoms with Gasteiger partial charge < -0.3 is 15.0 Å². The lowest BCUT2D eigenvalue weighted by Gasteiger charge is -2.48. The molecular weight excluding hydrogens is 489 g/mol. The van der Waals surface area contributed by atoms with Crippen molar-refractivity contribution in [2.45, 2.75) is 52.2 Å². The molecule has 0 spiro atoms. The molecule has 0 saturated carbocycles. The summed E-state index contributed by atoms with van der Waals surface area (Å²) < 4.78 is 21.9. The van der Waals surface area contributed by atoms with Crippen molar-refractivity contribution in [3.8, 4) is 0 Å². The number of carbonyl (C=O) groups excluding carboxylic acids is 2. The number of fused-ring (bicyclic) bond motifs is 2. The number of hydrogen-bond acceptors (Lipinski definition) is 6. The molecule has 5 rings (SSSR count). The van der Waals surface area contributed by atoms with E-state index in [2.05, 4.69) is 20.3 Å². The minimum absolute atomic E-state index is 0.0973. The van der Waals surface area contributed by atoms with Crippen molar-refractivity contribution in [2.24, 2.45) is 7.05 Å². The quantitative estimate of drug-likeness (QED) is 0.530. The number of urea groups is 1. The number of anilines is 3. The molecule has 0 aliphatic carbocycles. The minimum atomic E-state index is -0.563. The first-order valence-corrected chi connectivity index (χ1v) is 12.8. The predicted octanol–water partition coefficient (Wildman–Crippen LogP) is 4.54. The van der Waals surface area contributed by atoms with Crippen LogP contribution in [0.2, 0.25) is 0 Å². The lowest BCUT2D eigenvalue weighted by Crippen LogP contribution is -2.62. The molecule has 0 bridgehead atoms. The Bertz CT molecular complexity index is 1410. The fourth-order valence-electron chi connectivity index (χ4n) is 5.23. The maximum Gasteiger partial charge on any atom is 0.410 e. The Hall–Kier alpha value is -3.89. The van der Waals surface area contributed by atoms with Crippen LogP contribution in [0, 0.1) is 5.82 Å². The van der Waals surface area contributed by atoms with Crippen LogP contribution in [-0.4, -0.2) is 69.1 Å². The topological polar surface area (TPSA) is 95.8 Å². The summed E-state index contributed by atoms with van der Waals surface area (Å²) in [5, 5.41) is 7.65. The third-order valence-corrected chi connectivity index (χ3v) is 6.90. The van der Waals surface area contributed by atoms with Crippen LogP contribution in [0.15, 0.2) is 30.6 Å². The van der Waals surface area contributed by atoms with E-state index < -0.39 is 23.0 Å². The number of aryl methyl sites for hydroxylation is 1. The van der Waals surface area contributed by atoms with Crippen molar-refractivity contribution in [2.75, 3.05) is 41.3 Å². The van der Waals surface area contributed by atoms with Gasteiger partial charge in [-0.1, -0.05) is 0 Å². The van der Waals surface area contributed by atoms with E-state index in [0.29, 0.717) is 43.9 Å². The Morgan fingerprint density at radius 3 is 2.63 bits per heavy atom. The number of halogens is 1.